The molecule has 4 rings (SSSR count). The van der Waals surface area contributed by atoms with E-state index in [1.165, 1.54) is 6.92 Å². The van der Waals surface area contributed by atoms with Gasteiger partial charge in [-0.1, -0.05) is 49.6 Å². The first-order chi connectivity index (χ1) is 14.1. The summed E-state index contributed by atoms with van der Waals surface area (Å²) in [5.41, 5.74) is 2.24. The van der Waals surface area contributed by atoms with E-state index in [9.17, 15) is 19.2 Å². The first kappa shape index (κ1) is 21.7. The third-order valence-corrected chi connectivity index (χ3v) is 10.00. The van der Waals surface area contributed by atoms with Crippen LogP contribution in [0.4, 0.5) is 0 Å². The van der Waals surface area contributed by atoms with Gasteiger partial charge in [0, 0.05) is 15.2 Å². The number of amides is 2. The summed E-state index contributed by atoms with van der Waals surface area (Å²) in [5.74, 6) is -2.25. The molecule has 1 heterocycles. The van der Waals surface area contributed by atoms with Gasteiger partial charge in [-0.25, -0.2) is 4.79 Å². The minimum absolute atomic E-state index is 0.0833. The fourth-order valence-corrected chi connectivity index (χ4v) is 7.10. The number of nitrogens with zero attached hydrogens (tertiary/aromatic N) is 1. The minimum atomic E-state index is -1.05. The highest BCUT2D eigenvalue weighted by atomic mass is 79.9. The second-order valence-electron chi connectivity index (χ2n) is 8.58. The van der Waals surface area contributed by atoms with Crippen molar-refractivity contribution in [1.29, 1.82) is 0 Å². The number of aryl methyl sites for hydroxylation is 2. The molecule has 0 aromatic heterocycles. The number of rotatable bonds is 5. The van der Waals surface area contributed by atoms with E-state index in [-0.39, 0.29) is 50.9 Å². The SMILES string of the molecule is Cc1ccc(C)c(C(=O)COC(=O)C(C)N2C(=O)C3C4CC(C(Br)C4Br)C3C2=O)c1. The predicted molar refractivity (Wildman–Crippen MR) is 117 cm³/mol. The molecule has 160 valence electrons. The van der Waals surface area contributed by atoms with Gasteiger partial charge in [0.05, 0.1) is 11.8 Å². The molecular formula is C22H23Br2NO5. The van der Waals surface area contributed by atoms with Crippen LogP contribution in [0.2, 0.25) is 0 Å². The second-order valence-corrected chi connectivity index (χ2v) is 10.7. The first-order valence-corrected chi connectivity index (χ1v) is 11.9. The number of ketones is 1. The summed E-state index contributed by atoms with van der Waals surface area (Å²) in [6.45, 7) is 4.77. The third-order valence-electron chi connectivity index (χ3n) is 6.79. The fourth-order valence-electron chi connectivity index (χ4n) is 5.23. The Kier molecular flexibility index (Phi) is 5.68. The van der Waals surface area contributed by atoms with Gasteiger partial charge in [-0.05, 0) is 50.7 Å². The average molecular weight is 541 g/mol. The molecule has 30 heavy (non-hydrogen) atoms. The molecule has 0 N–H and O–H groups in total. The Labute approximate surface area is 192 Å². The molecule has 3 aliphatic rings. The van der Waals surface area contributed by atoms with Crippen LogP contribution in [0, 0.1) is 37.5 Å². The molecule has 0 radical (unpaired) electrons. The molecule has 1 aromatic carbocycles. The maximum absolute atomic E-state index is 13.0. The monoisotopic (exact) mass is 539 g/mol. The summed E-state index contributed by atoms with van der Waals surface area (Å²) in [7, 11) is 0. The molecule has 7 unspecified atom stereocenters. The number of esters is 1. The number of carbonyl (C=O) groups excluding carboxylic acids is 4. The van der Waals surface area contributed by atoms with Gasteiger partial charge in [-0.2, -0.15) is 0 Å². The zero-order chi connectivity index (χ0) is 21.9. The molecule has 2 saturated carbocycles. The van der Waals surface area contributed by atoms with E-state index >= 15 is 0 Å². The number of hydrogen-bond acceptors (Lipinski definition) is 5. The van der Waals surface area contributed by atoms with Crippen LogP contribution in [0.3, 0.4) is 0 Å². The molecule has 2 bridgehead atoms. The molecule has 1 saturated heterocycles. The molecule has 1 aliphatic heterocycles. The van der Waals surface area contributed by atoms with Gasteiger partial charge >= 0.3 is 5.97 Å². The Balaban J connectivity index is 1.43. The van der Waals surface area contributed by atoms with Crippen molar-refractivity contribution in [2.75, 3.05) is 6.61 Å². The van der Waals surface area contributed by atoms with Crippen LogP contribution in [-0.4, -0.2) is 50.8 Å². The standard InChI is InChI=1S/C22H23Br2NO5/c1-9-4-5-10(2)12(6-9)15(26)8-30-22(29)11(3)25-20(27)16-13-7-14(17(16)21(25)28)19(24)18(13)23/h4-6,11,13-14,16-19H,7-8H2,1-3H3. The van der Waals surface area contributed by atoms with E-state index < -0.39 is 18.6 Å². The molecule has 8 heteroatoms. The first-order valence-electron chi connectivity index (χ1n) is 10.1. The number of halogens is 2. The van der Waals surface area contributed by atoms with Gasteiger partial charge < -0.3 is 4.74 Å². The lowest BCUT2D eigenvalue weighted by Gasteiger charge is -2.28. The van der Waals surface area contributed by atoms with Gasteiger partial charge in [-0.3, -0.25) is 19.3 Å². The van der Waals surface area contributed by atoms with Crippen molar-refractivity contribution in [3.05, 3.63) is 34.9 Å². The lowest BCUT2D eigenvalue weighted by molar-refractivity contribution is -0.157. The van der Waals surface area contributed by atoms with Gasteiger partial charge in [0.1, 0.15) is 6.04 Å². The summed E-state index contributed by atoms with van der Waals surface area (Å²) in [6, 6.07) is 4.45. The molecule has 0 spiro atoms. The molecule has 6 nitrogen and oxygen atoms in total. The molecule has 1 aromatic rings. The van der Waals surface area contributed by atoms with E-state index in [4.69, 9.17) is 4.74 Å². The van der Waals surface area contributed by atoms with Crippen molar-refractivity contribution in [2.45, 2.75) is 42.9 Å². The second kappa shape index (κ2) is 7.86. The van der Waals surface area contributed by atoms with Gasteiger partial charge in [-0.15, -0.1) is 0 Å². The Morgan fingerprint density at radius 3 is 2.23 bits per heavy atom. The van der Waals surface area contributed by atoms with E-state index in [0.717, 1.165) is 22.4 Å². The number of ether oxygens (including phenoxy) is 1. The number of alkyl halides is 2. The maximum atomic E-state index is 13.0. The highest BCUT2D eigenvalue weighted by molar-refractivity contribution is 9.12. The van der Waals surface area contributed by atoms with Crippen molar-refractivity contribution in [3.63, 3.8) is 0 Å². The zero-order valence-corrected chi connectivity index (χ0v) is 20.1. The maximum Gasteiger partial charge on any atom is 0.329 e. The van der Waals surface area contributed by atoms with Crippen LogP contribution >= 0.6 is 31.9 Å². The number of fused-ring (bicyclic) bond motifs is 5. The number of imide groups is 1. The summed E-state index contributed by atoms with van der Waals surface area (Å²) in [4.78, 5) is 52.5. The van der Waals surface area contributed by atoms with Crippen LogP contribution in [0.5, 0.6) is 0 Å². The van der Waals surface area contributed by atoms with Gasteiger partial charge in [0.15, 0.2) is 6.61 Å². The summed E-state index contributed by atoms with van der Waals surface area (Å²) in [6.07, 6.45) is 0.829. The minimum Gasteiger partial charge on any atom is -0.456 e. The molecule has 3 fully saturated rings. The van der Waals surface area contributed by atoms with Crippen LogP contribution in [0.1, 0.15) is 34.8 Å². The topological polar surface area (TPSA) is 80.8 Å². The van der Waals surface area contributed by atoms with E-state index in [0.29, 0.717) is 5.56 Å². The highest BCUT2D eigenvalue weighted by Crippen LogP contribution is 2.60. The van der Waals surface area contributed by atoms with Gasteiger partial charge in [0.25, 0.3) is 0 Å². The summed E-state index contributed by atoms with van der Waals surface area (Å²) >= 11 is 7.29. The predicted octanol–water partition coefficient (Wildman–Crippen LogP) is 3.20. The molecular weight excluding hydrogens is 518 g/mol. The molecule has 2 aliphatic carbocycles. The number of hydrogen-bond donors (Lipinski definition) is 0. The lowest BCUT2D eigenvalue weighted by Crippen LogP contribution is -2.45. The lowest BCUT2D eigenvalue weighted by atomic mass is 9.81. The number of Topliss-reactive ketones (excluding diaryl/α,β-unsaturated/α-hetero) is 1. The fraction of sp³-hybridized carbons (Fsp3) is 0.545. The summed E-state index contributed by atoms with van der Waals surface area (Å²) < 4.78 is 5.20. The molecule has 7 atom stereocenters. The Morgan fingerprint density at radius 2 is 1.67 bits per heavy atom. The average Bonchev–Trinajstić information content (AvgIpc) is 3.32. The van der Waals surface area contributed by atoms with E-state index in [1.807, 2.05) is 26.0 Å². The van der Waals surface area contributed by atoms with Gasteiger partial charge in [0.2, 0.25) is 17.6 Å². The van der Waals surface area contributed by atoms with Crippen molar-refractivity contribution in [3.8, 4) is 0 Å². The quantitative estimate of drug-likeness (QED) is 0.248. The Morgan fingerprint density at radius 1 is 1.10 bits per heavy atom. The number of carbonyl (C=O) groups is 4. The smallest absolute Gasteiger partial charge is 0.329 e. The van der Waals surface area contributed by atoms with Crippen LogP contribution < -0.4 is 0 Å². The number of likely N-dealkylation sites (tertiary alicyclic amines) is 1. The normalized spacial score (nSPS) is 33.0. The Hall–Kier alpha value is -1.54. The van der Waals surface area contributed by atoms with E-state index in [2.05, 4.69) is 31.9 Å². The van der Waals surface area contributed by atoms with Crippen LogP contribution in [0.15, 0.2) is 18.2 Å². The van der Waals surface area contributed by atoms with Crippen LogP contribution in [0.25, 0.3) is 0 Å². The van der Waals surface area contributed by atoms with Crippen molar-refractivity contribution >= 4 is 55.4 Å². The third kappa shape index (κ3) is 3.27. The van der Waals surface area contributed by atoms with Crippen molar-refractivity contribution < 1.29 is 23.9 Å². The highest BCUT2D eigenvalue weighted by Gasteiger charge is 2.67. The van der Waals surface area contributed by atoms with Crippen molar-refractivity contribution in [1.82, 2.24) is 4.90 Å². The van der Waals surface area contributed by atoms with E-state index in [1.54, 1.807) is 6.07 Å². The molecule has 2 amide bonds. The number of benzene rings is 1. The van der Waals surface area contributed by atoms with Crippen LogP contribution in [-0.2, 0) is 19.1 Å². The summed E-state index contributed by atoms with van der Waals surface area (Å²) in [5, 5.41) is 0. The largest absolute Gasteiger partial charge is 0.456 e. The Bertz CT molecular complexity index is 915. The van der Waals surface area contributed by atoms with Crippen molar-refractivity contribution in [2.24, 2.45) is 23.7 Å². The zero-order valence-electron chi connectivity index (χ0n) is 16.9.